The zero-order chi connectivity index (χ0) is 20.1. The van der Waals surface area contributed by atoms with Crippen molar-refractivity contribution in [2.75, 3.05) is 35.2 Å². The zero-order valence-corrected chi connectivity index (χ0v) is 16.1. The van der Waals surface area contributed by atoms with Crippen LogP contribution in [0.3, 0.4) is 0 Å². The molecule has 2 aromatic carbocycles. The quantitative estimate of drug-likeness (QED) is 0.735. The Morgan fingerprint density at radius 3 is 2.71 bits per heavy atom. The predicted molar refractivity (Wildman–Crippen MR) is 109 cm³/mol. The lowest BCUT2D eigenvalue weighted by atomic mass is 10.1. The van der Waals surface area contributed by atoms with Gasteiger partial charge in [-0.25, -0.2) is 9.18 Å². The molecule has 2 aromatic rings. The number of urea groups is 1. The number of anilines is 3. The Bertz CT molecular complexity index is 871. The summed E-state index contributed by atoms with van der Waals surface area (Å²) in [6.45, 7) is 5.80. The molecule has 0 aliphatic carbocycles. The molecule has 0 radical (unpaired) electrons. The van der Waals surface area contributed by atoms with Crippen molar-refractivity contribution in [2.45, 2.75) is 20.3 Å². The highest BCUT2D eigenvalue weighted by Crippen LogP contribution is 2.26. The molecule has 3 N–H and O–H groups in total. The van der Waals surface area contributed by atoms with Crippen LogP contribution < -0.4 is 20.9 Å². The van der Waals surface area contributed by atoms with Gasteiger partial charge in [-0.3, -0.25) is 4.79 Å². The highest BCUT2D eigenvalue weighted by atomic mass is 19.1. The van der Waals surface area contributed by atoms with Gasteiger partial charge in [0, 0.05) is 37.9 Å². The Morgan fingerprint density at radius 2 is 1.96 bits per heavy atom. The molecular formula is C21H25FN4O2. The van der Waals surface area contributed by atoms with Crippen molar-refractivity contribution in [2.24, 2.45) is 5.92 Å². The van der Waals surface area contributed by atoms with E-state index in [0.717, 1.165) is 19.5 Å². The molecule has 3 rings (SSSR count). The number of rotatable bonds is 5. The van der Waals surface area contributed by atoms with E-state index in [1.165, 1.54) is 36.4 Å². The first-order chi connectivity index (χ1) is 13.4. The van der Waals surface area contributed by atoms with Crippen LogP contribution in [0, 0.1) is 18.7 Å². The molecule has 6 nitrogen and oxygen atoms in total. The molecule has 0 spiro atoms. The first-order valence-corrected chi connectivity index (χ1v) is 9.35. The monoisotopic (exact) mass is 384 g/mol. The van der Waals surface area contributed by atoms with Crippen LogP contribution in [0.5, 0.6) is 0 Å². The zero-order valence-electron chi connectivity index (χ0n) is 16.1. The van der Waals surface area contributed by atoms with E-state index in [1.807, 2.05) is 12.1 Å². The molecule has 3 amide bonds. The van der Waals surface area contributed by atoms with Gasteiger partial charge in [0.15, 0.2) is 0 Å². The fourth-order valence-corrected chi connectivity index (χ4v) is 3.44. The molecule has 0 unspecified atom stereocenters. The van der Waals surface area contributed by atoms with Crippen molar-refractivity contribution >= 4 is 29.0 Å². The summed E-state index contributed by atoms with van der Waals surface area (Å²) in [7, 11) is 0. The summed E-state index contributed by atoms with van der Waals surface area (Å²) < 4.78 is 13.9. The topological polar surface area (TPSA) is 73.5 Å². The van der Waals surface area contributed by atoms with Crippen LogP contribution in [0.2, 0.25) is 0 Å². The van der Waals surface area contributed by atoms with Crippen molar-refractivity contribution in [3.05, 3.63) is 53.8 Å². The van der Waals surface area contributed by atoms with Crippen LogP contribution in [0.25, 0.3) is 0 Å². The molecular weight excluding hydrogens is 359 g/mol. The normalized spacial score (nSPS) is 16.0. The fourth-order valence-electron chi connectivity index (χ4n) is 3.44. The summed E-state index contributed by atoms with van der Waals surface area (Å²) in [6, 6.07) is 11.8. The third kappa shape index (κ3) is 5.00. The Kier molecular flexibility index (Phi) is 6.13. The van der Waals surface area contributed by atoms with E-state index in [9.17, 15) is 14.0 Å². The van der Waals surface area contributed by atoms with E-state index in [1.54, 1.807) is 0 Å². The smallest absolute Gasteiger partial charge is 0.319 e. The highest BCUT2D eigenvalue weighted by Gasteiger charge is 2.24. The molecule has 1 aliphatic heterocycles. The van der Waals surface area contributed by atoms with Gasteiger partial charge in [0.05, 0.1) is 5.69 Å². The predicted octanol–water partition coefficient (Wildman–Crippen LogP) is 3.74. The molecule has 1 aliphatic rings. The summed E-state index contributed by atoms with van der Waals surface area (Å²) in [5.74, 6) is -0.488. The van der Waals surface area contributed by atoms with Gasteiger partial charge in [0.25, 0.3) is 0 Å². The minimum absolute atomic E-state index is 0.0247. The Hall–Kier alpha value is -3.09. The van der Waals surface area contributed by atoms with Gasteiger partial charge in [0.1, 0.15) is 5.82 Å². The molecule has 1 heterocycles. The minimum atomic E-state index is -0.559. The molecule has 0 saturated carbocycles. The fraction of sp³-hybridized carbons (Fsp3) is 0.333. The standard InChI is InChI=1S/C21H25FN4O2/c1-14-5-3-4-6-20(14)26-10-9-16(13-26)12-23-21(28)25-19-11-17(24-15(2)27)7-8-18(19)22/h3-8,11,16H,9-10,12-13H2,1-2H3,(H,24,27)(H2,23,25,28)/t16-/m1/s1. The minimum Gasteiger partial charge on any atom is -0.371 e. The maximum Gasteiger partial charge on any atom is 0.319 e. The lowest BCUT2D eigenvalue weighted by Gasteiger charge is -2.21. The van der Waals surface area contributed by atoms with Gasteiger partial charge in [-0.2, -0.15) is 0 Å². The van der Waals surface area contributed by atoms with Crippen LogP contribution in [-0.4, -0.2) is 31.6 Å². The van der Waals surface area contributed by atoms with Crippen molar-refractivity contribution < 1.29 is 14.0 Å². The number of benzene rings is 2. The van der Waals surface area contributed by atoms with Gasteiger partial charge in [-0.05, 0) is 49.1 Å². The van der Waals surface area contributed by atoms with Crippen molar-refractivity contribution in [3.63, 3.8) is 0 Å². The van der Waals surface area contributed by atoms with E-state index < -0.39 is 11.8 Å². The number of aryl methyl sites for hydroxylation is 1. The number of carbonyl (C=O) groups excluding carboxylic acids is 2. The molecule has 1 atom stereocenters. The lowest BCUT2D eigenvalue weighted by Crippen LogP contribution is -2.34. The van der Waals surface area contributed by atoms with E-state index >= 15 is 0 Å². The SMILES string of the molecule is CC(=O)Nc1ccc(F)c(NC(=O)NC[C@H]2CCN(c3ccccc3C)C2)c1. The second-order valence-electron chi connectivity index (χ2n) is 7.10. The molecule has 28 heavy (non-hydrogen) atoms. The van der Waals surface area contributed by atoms with Gasteiger partial charge in [0.2, 0.25) is 5.91 Å². The number of halogens is 1. The molecule has 0 aromatic heterocycles. The number of nitrogens with one attached hydrogen (secondary N) is 3. The Morgan fingerprint density at radius 1 is 1.18 bits per heavy atom. The average molecular weight is 384 g/mol. The van der Waals surface area contributed by atoms with Crippen LogP contribution in [-0.2, 0) is 4.79 Å². The summed E-state index contributed by atoms with van der Waals surface area (Å²) in [5.41, 5.74) is 2.92. The maximum absolute atomic E-state index is 13.9. The number of carbonyl (C=O) groups is 2. The van der Waals surface area contributed by atoms with E-state index in [0.29, 0.717) is 18.2 Å². The lowest BCUT2D eigenvalue weighted by molar-refractivity contribution is -0.114. The molecule has 1 fully saturated rings. The Balaban J connectivity index is 1.51. The Labute approximate surface area is 164 Å². The average Bonchev–Trinajstić information content (AvgIpc) is 3.11. The number of para-hydroxylation sites is 1. The van der Waals surface area contributed by atoms with Crippen molar-refractivity contribution in [3.8, 4) is 0 Å². The van der Waals surface area contributed by atoms with Crippen LogP contribution >= 0.6 is 0 Å². The first kappa shape index (κ1) is 19.7. The van der Waals surface area contributed by atoms with E-state index in [-0.39, 0.29) is 11.6 Å². The summed E-state index contributed by atoms with van der Waals surface area (Å²) in [5, 5.41) is 7.89. The van der Waals surface area contributed by atoms with Crippen molar-refractivity contribution in [1.82, 2.24) is 5.32 Å². The maximum atomic E-state index is 13.9. The van der Waals surface area contributed by atoms with Gasteiger partial charge >= 0.3 is 6.03 Å². The summed E-state index contributed by atoms with van der Waals surface area (Å²) >= 11 is 0. The largest absolute Gasteiger partial charge is 0.371 e. The summed E-state index contributed by atoms with van der Waals surface area (Å²) in [6.07, 6.45) is 0.987. The van der Waals surface area contributed by atoms with E-state index in [2.05, 4.69) is 39.9 Å². The first-order valence-electron chi connectivity index (χ1n) is 9.35. The number of amides is 3. The second-order valence-corrected chi connectivity index (χ2v) is 7.10. The number of nitrogens with zero attached hydrogens (tertiary/aromatic N) is 1. The number of hydrogen-bond acceptors (Lipinski definition) is 3. The molecule has 7 heteroatoms. The third-order valence-corrected chi connectivity index (χ3v) is 4.83. The van der Waals surface area contributed by atoms with Gasteiger partial charge in [-0.15, -0.1) is 0 Å². The molecule has 0 bridgehead atoms. The van der Waals surface area contributed by atoms with Crippen LogP contribution in [0.1, 0.15) is 18.9 Å². The van der Waals surface area contributed by atoms with Crippen LogP contribution in [0.4, 0.5) is 26.2 Å². The van der Waals surface area contributed by atoms with E-state index in [4.69, 9.17) is 0 Å². The van der Waals surface area contributed by atoms with Crippen molar-refractivity contribution in [1.29, 1.82) is 0 Å². The highest BCUT2D eigenvalue weighted by molar-refractivity contribution is 5.92. The van der Waals surface area contributed by atoms with Gasteiger partial charge < -0.3 is 20.9 Å². The second kappa shape index (κ2) is 8.73. The third-order valence-electron chi connectivity index (χ3n) is 4.83. The number of hydrogen-bond donors (Lipinski definition) is 3. The summed E-state index contributed by atoms with van der Waals surface area (Å²) in [4.78, 5) is 25.6. The molecule has 1 saturated heterocycles. The van der Waals surface area contributed by atoms with Crippen LogP contribution in [0.15, 0.2) is 42.5 Å². The van der Waals surface area contributed by atoms with Gasteiger partial charge in [-0.1, -0.05) is 18.2 Å². The molecule has 148 valence electrons.